The van der Waals surface area contributed by atoms with Gasteiger partial charge in [-0.25, -0.2) is 12.4 Å². The summed E-state index contributed by atoms with van der Waals surface area (Å²) in [4.78, 5) is 30.2. The van der Waals surface area contributed by atoms with Crippen LogP contribution < -0.4 is 11.1 Å². The van der Waals surface area contributed by atoms with Crippen LogP contribution in [0.5, 0.6) is 0 Å². The van der Waals surface area contributed by atoms with Crippen LogP contribution in [-0.4, -0.2) is 26.5 Å². The van der Waals surface area contributed by atoms with Crippen molar-refractivity contribution in [2.45, 2.75) is 11.8 Å². The van der Waals surface area contributed by atoms with Crippen molar-refractivity contribution in [1.82, 2.24) is 18.1 Å². The minimum absolute atomic E-state index is 0.00425. The molecule has 0 aliphatic rings. The normalized spacial score (nSPS) is 11.8. The third-order valence-electron chi connectivity index (χ3n) is 6.10. The highest BCUT2D eigenvalue weighted by Gasteiger charge is 2.27. The predicted molar refractivity (Wildman–Crippen MR) is 140 cm³/mol. The van der Waals surface area contributed by atoms with Gasteiger partial charge >= 0.3 is 0 Å². The zero-order valence-electron chi connectivity index (χ0n) is 19.6. The third-order valence-corrected chi connectivity index (χ3v) is 8.21. The van der Waals surface area contributed by atoms with Crippen LogP contribution in [0.25, 0.3) is 33.2 Å². The standard InChI is InChI=1S/C26H21ClN4O4S/c1-16-6-8-18(9-7-16)36(34,35)31-23(27)11-20-22(15-30(3)26(33)25(20)31)19-12-24(32)29(2)14-21(19)17-5-4-10-28-13-17/h4-15H,1-3H3. The molecule has 1 aromatic carbocycles. The molecule has 0 spiro atoms. The molecule has 0 saturated heterocycles. The quantitative estimate of drug-likeness (QED) is 0.357. The maximum Gasteiger partial charge on any atom is 0.275 e. The average Bonchev–Trinajstić information content (AvgIpc) is 3.22. The van der Waals surface area contributed by atoms with Gasteiger partial charge in [-0.05, 0) is 36.8 Å². The molecule has 5 aromatic rings. The zero-order chi connectivity index (χ0) is 25.8. The van der Waals surface area contributed by atoms with Gasteiger partial charge in [0.15, 0.2) is 0 Å². The first-order chi connectivity index (χ1) is 17.1. The van der Waals surface area contributed by atoms with Gasteiger partial charge in [0.1, 0.15) is 10.7 Å². The fourth-order valence-electron chi connectivity index (χ4n) is 4.23. The highest BCUT2D eigenvalue weighted by molar-refractivity contribution is 7.90. The third kappa shape index (κ3) is 3.77. The van der Waals surface area contributed by atoms with Crippen LogP contribution in [-0.2, 0) is 24.1 Å². The molecule has 0 aliphatic heterocycles. The second kappa shape index (κ2) is 8.61. The van der Waals surface area contributed by atoms with E-state index in [1.807, 2.05) is 13.0 Å². The van der Waals surface area contributed by atoms with E-state index < -0.39 is 15.6 Å². The Kier molecular flexibility index (Phi) is 5.69. The van der Waals surface area contributed by atoms with Crippen molar-refractivity contribution in [3.63, 3.8) is 0 Å². The van der Waals surface area contributed by atoms with E-state index in [2.05, 4.69) is 4.98 Å². The lowest BCUT2D eigenvalue weighted by molar-refractivity contribution is 0.589. The number of rotatable bonds is 4. The Bertz CT molecular complexity index is 1870. The van der Waals surface area contributed by atoms with E-state index in [-0.39, 0.29) is 21.1 Å². The number of halogens is 1. The summed E-state index contributed by atoms with van der Waals surface area (Å²) in [5.41, 5.74) is 2.44. The molecule has 36 heavy (non-hydrogen) atoms. The molecule has 0 radical (unpaired) electrons. The van der Waals surface area contributed by atoms with Gasteiger partial charge in [0.2, 0.25) is 0 Å². The van der Waals surface area contributed by atoms with Crippen molar-refractivity contribution in [3.8, 4) is 22.3 Å². The van der Waals surface area contributed by atoms with Crippen LogP contribution in [0.3, 0.4) is 0 Å². The van der Waals surface area contributed by atoms with Gasteiger partial charge in [-0.1, -0.05) is 35.4 Å². The number of aryl methyl sites for hydroxylation is 3. The number of nitrogens with zero attached hydrogens (tertiary/aromatic N) is 4. The Morgan fingerprint density at radius 2 is 1.58 bits per heavy atom. The summed E-state index contributed by atoms with van der Waals surface area (Å²) < 4.78 is 30.8. The molecule has 8 nitrogen and oxygen atoms in total. The number of benzene rings is 1. The molecular weight excluding hydrogens is 500 g/mol. The van der Waals surface area contributed by atoms with Gasteiger partial charge < -0.3 is 9.13 Å². The first-order valence-electron chi connectivity index (χ1n) is 10.9. The van der Waals surface area contributed by atoms with E-state index in [9.17, 15) is 18.0 Å². The molecular formula is C26H21ClN4O4S. The molecule has 5 rings (SSSR count). The minimum Gasteiger partial charge on any atom is -0.318 e. The predicted octanol–water partition coefficient (Wildman–Crippen LogP) is 3.97. The van der Waals surface area contributed by atoms with Crippen LogP contribution in [0, 0.1) is 6.92 Å². The lowest BCUT2D eigenvalue weighted by Gasteiger charge is -2.14. The minimum atomic E-state index is -4.19. The van der Waals surface area contributed by atoms with Crippen molar-refractivity contribution in [3.05, 3.63) is 105 Å². The van der Waals surface area contributed by atoms with Crippen LogP contribution in [0.15, 0.2) is 87.8 Å². The molecule has 0 fully saturated rings. The number of hydrogen-bond donors (Lipinski definition) is 0. The molecule has 0 atom stereocenters. The molecule has 4 aromatic heterocycles. The van der Waals surface area contributed by atoms with E-state index in [1.165, 1.54) is 40.4 Å². The number of pyridine rings is 3. The summed E-state index contributed by atoms with van der Waals surface area (Å²) in [6, 6.07) is 12.8. The van der Waals surface area contributed by atoms with Crippen molar-refractivity contribution in [2.75, 3.05) is 0 Å². The largest absolute Gasteiger partial charge is 0.318 e. The monoisotopic (exact) mass is 520 g/mol. The van der Waals surface area contributed by atoms with Gasteiger partial charge in [-0.3, -0.25) is 14.6 Å². The topological polar surface area (TPSA) is 96.0 Å². The van der Waals surface area contributed by atoms with Gasteiger partial charge in [0, 0.05) is 67.0 Å². The lowest BCUT2D eigenvalue weighted by atomic mass is 9.96. The lowest BCUT2D eigenvalue weighted by Crippen LogP contribution is -2.23. The maximum atomic E-state index is 13.6. The van der Waals surface area contributed by atoms with E-state index in [0.29, 0.717) is 22.1 Å². The van der Waals surface area contributed by atoms with Crippen LogP contribution in [0.4, 0.5) is 0 Å². The maximum absolute atomic E-state index is 13.6. The highest BCUT2D eigenvalue weighted by Crippen LogP contribution is 2.37. The van der Waals surface area contributed by atoms with E-state index >= 15 is 0 Å². The summed E-state index contributed by atoms with van der Waals surface area (Å²) in [6.45, 7) is 1.85. The summed E-state index contributed by atoms with van der Waals surface area (Å²) in [5.74, 6) is 0. The number of hydrogen-bond acceptors (Lipinski definition) is 5. The molecule has 0 amide bonds. The van der Waals surface area contributed by atoms with Crippen molar-refractivity contribution in [1.29, 1.82) is 0 Å². The van der Waals surface area contributed by atoms with Crippen molar-refractivity contribution < 1.29 is 8.42 Å². The van der Waals surface area contributed by atoms with Crippen molar-refractivity contribution in [2.24, 2.45) is 14.1 Å². The number of fused-ring (bicyclic) bond motifs is 1. The molecule has 0 bridgehead atoms. The zero-order valence-corrected chi connectivity index (χ0v) is 21.2. The first kappa shape index (κ1) is 23.8. The molecule has 0 saturated carbocycles. The SMILES string of the molecule is Cc1ccc(S(=O)(=O)n2c(Cl)cc3c(-c4cc(=O)n(C)cc4-c4cccnc4)cn(C)c(=O)c32)cc1. The molecule has 0 aliphatic carbocycles. The molecule has 182 valence electrons. The van der Waals surface area contributed by atoms with Gasteiger partial charge in [0.25, 0.3) is 21.1 Å². The van der Waals surface area contributed by atoms with Gasteiger partial charge in [0.05, 0.1) is 4.90 Å². The highest BCUT2D eigenvalue weighted by atomic mass is 35.5. The van der Waals surface area contributed by atoms with Crippen LogP contribution >= 0.6 is 11.6 Å². The second-order valence-corrected chi connectivity index (χ2v) is 10.7. The Balaban J connectivity index is 1.88. The first-order valence-corrected chi connectivity index (χ1v) is 12.8. The summed E-state index contributed by atoms with van der Waals surface area (Å²) >= 11 is 6.49. The molecule has 0 unspecified atom stereocenters. The Morgan fingerprint density at radius 3 is 2.25 bits per heavy atom. The summed E-state index contributed by atoms with van der Waals surface area (Å²) in [5, 5.41) is 0.180. The smallest absolute Gasteiger partial charge is 0.275 e. The average molecular weight is 521 g/mol. The van der Waals surface area contributed by atoms with Crippen molar-refractivity contribution >= 4 is 32.5 Å². The fourth-order valence-corrected chi connectivity index (χ4v) is 6.08. The van der Waals surface area contributed by atoms with Crippen LogP contribution in [0.1, 0.15) is 5.56 Å². The molecule has 0 N–H and O–H groups in total. The Morgan fingerprint density at radius 1 is 0.889 bits per heavy atom. The summed E-state index contributed by atoms with van der Waals surface area (Å²) in [7, 11) is -1.02. The molecule has 10 heteroatoms. The van der Waals surface area contributed by atoms with E-state index in [1.54, 1.807) is 50.0 Å². The fraction of sp³-hybridized carbons (Fsp3) is 0.115. The van der Waals surface area contributed by atoms with Gasteiger partial charge in [-0.15, -0.1) is 0 Å². The Labute approximate surface area is 211 Å². The van der Waals surface area contributed by atoms with E-state index in [4.69, 9.17) is 11.6 Å². The van der Waals surface area contributed by atoms with E-state index in [0.717, 1.165) is 15.1 Å². The molecule has 4 heterocycles. The summed E-state index contributed by atoms with van der Waals surface area (Å²) in [6.07, 6.45) is 6.58. The van der Waals surface area contributed by atoms with Gasteiger partial charge in [-0.2, -0.15) is 0 Å². The van der Waals surface area contributed by atoms with Crippen LogP contribution in [0.2, 0.25) is 5.15 Å². The second-order valence-electron chi connectivity index (χ2n) is 8.56. The number of aromatic nitrogens is 4. The Hall–Kier alpha value is -3.95.